The first-order valence-electron chi connectivity index (χ1n) is 6.68. The summed E-state index contributed by atoms with van der Waals surface area (Å²) in [4.78, 5) is 0. The summed E-state index contributed by atoms with van der Waals surface area (Å²) in [6.07, 6.45) is 1.97. The Morgan fingerprint density at radius 3 is 2.42 bits per heavy atom. The van der Waals surface area contributed by atoms with Crippen LogP contribution in [0.4, 0.5) is 0 Å². The first-order valence-corrected chi connectivity index (χ1v) is 9.65. The Bertz CT molecular complexity index is 570. The molecule has 0 aliphatic rings. The number of rotatable bonds is 5. The van der Waals surface area contributed by atoms with E-state index < -0.39 is 0 Å². The molecule has 2 aromatic carbocycles. The van der Waals surface area contributed by atoms with Crippen molar-refractivity contribution in [2.45, 2.75) is 24.3 Å². The Morgan fingerprint density at radius 2 is 1.63 bits per heavy atom. The Hall–Kier alpha value is -1.26. The zero-order valence-electron chi connectivity index (χ0n) is 11.7. The van der Waals surface area contributed by atoms with E-state index in [9.17, 15) is 0 Å². The van der Waals surface area contributed by atoms with Crippen molar-refractivity contribution in [3.63, 3.8) is 0 Å². The van der Waals surface area contributed by atoms with Gasteiger partial charge in [0.2, 0.25) is 0 Å². The monoisotopic (exact) mass is 312 g/mol. The van der Waals surface area contributed by atoms with Gasteiger partial charge in [0.05, 0.1) is 0 Å². The average Bonchev–Trinajstić information content (AvgIpc) is 2.44. The molecule has 2 aromatic rings. The maximum atomic E-state index is 3.90. The van der Waals surface area contributed by atoms with Gasteiger partial charge in [-0.15, -0.1) is 0 Å². The van der Waals surface area contributed by atoms with E-state index >= 15 is 0 Å². The molecule has 0 bridgehead atoms. The molecule has 0 heterocycles. The fourth-order valence-corrected chi connectivity index (χ4v) is 5.10. The molecule has 1 atom stereocenters. The summed E-state index contributed by atoms with van der Waals surface area (Å²) in [7, 11) is 0. The first-order chi connectivity index (χ1) is 9.22. The van der Waals surface area contributed by atoms with E-state index in [2.05, 4.69) is 62.9 Å². The van der Waals surface area contributed by atoms with Crippen LogP contribution in [0.25, 0.3) is 6.08 Å². The van der Waals surface area contributed by atoms with Gasteiger partial charge < -0.3 is 0 Å². The summed E-state index contributed by atoms with van der Waals surface area (Å²) in [6.45, 7) is 8.34. The molecule has 0 spiro atoms. The molecule has 0 nitrogen and oxygen atoms in total. The zero-order chi connectivity index (χ0) is 13.7. The van der Waals surface area contributed by atoms with E-state index in [1.807, 2.05) is 6.08 Å². The van der Waals surface area contributed by atoms with Gasteiger partial charge in [0.1, 0.15) is 0 Å². The summed E-state index contributed by atoms with van der Waals surface area (Å²) in [5.74, 6) is 0. The van der Waals surface area contributed by atoms with E-state index in [4.69, 9.17) is 0 Å². The summed E-state index contributed by atoms with van der Waals surface area (Å²) in [5.41, 5.74) is 7.19. The fourth-order valence-electron chi connectivity index (χ4n) is 2.23. The van der Waals surface area contributed by atoms with Gasteiger partial charge in [-0.3, -0.25) is 0 Å². The van der Waals surface area contributed by atoms with E-state index in [1.54, 1.807) is 0 Å². The number of aryl methyl sites for hydroxylation is 1. The quantitative estimate of drug-likeness (QED) is 0.730. The molecule has 0 aliphatic heterocycles. The van der Waals surface area contributed by atoms with Gasteiger partial charge in [-0.05, 0) is 0 Å². The molecule has 19 heavy (non-hydrogen) atoms. The Kier molecular flexibility index (Phi) is 5.05. The number of hydrogen-bond donors (Lipinski definition) is 0. The number of hydrogen-bond acceptors (Lipinski definition) is 0. The summed E-state index contributed by atoms with van der Waals surface area (Å²) < 4.78 is 0. The predicted octanol–water partition coefficient (Wildman–Crippen LogP) is 4.08. The Balaban J connectivity index is 2.00. The molecule has 1 heteroatoms. The molecular weight excluding hydrogens is 291 g/mol. The van der Waals surface area contributed by atoms with Crippen LogP contribution in [-0.4, -0.2) is 15.8 Å². The number of benzene rings is 2. The van der Waals surface area contributed by atoms with Crippen LogP contribution in [-0.2, 0) is 10.4 Å². The second-order valence-electron chi connectivity index (χ2n) is 4.87. The molecular formula is C18H21As. The van der Waals surface area contributed by atoms with Crippen molar-refractivity contribution < 1.29 is 0 Å². The molecule has 0 saturated carbocycles. The fraction of sp³-hybridized carbons (Fsp3) is 0.222. The van der Waals surface area contributed by atoms with Crippen molar-refractivity contribution in [2.75, 3.05) is 0 Å². The van der Waals surface area contributed by atoms with Crippen LogP contribution in [0, 0.1) is 13.8 Å². The van der Waals surface area contributed by atoms with Crippen LogP contribution in [0.5, 0.6) is 0 Å². The normalized spacial score (nSPS) is 11.1. The van der Waals surface area contributed by atoms with Crippen molar-refractivity contribution in [1.82, 2.24) is 0 Å². The van der Waals surface area contributed by atoms with E-state index in [1.165, 1.54) is 38.2 Å². The SMILES string of the molecule is C=Cc1ccccc1C[AsH]Cc1cccc(C)c1C. The van der Waals surface area contributed by atoms with E-state index in [0.717, 1.165) is 0 Å². The van der Waals surface area contributed by atoms with Gasteiger partial charge in [-0.2, -0.15) is 0 Å². The van der Waals surface area contributed by atoms with Crippen molar-refractivity contribution in [3.8, 4) is 0 Å². The van der Waals surface area contributed by atoms with Crippen LogP contribution >= 0.6 is 0 Å². The van der Waals surface area contributed by atoms with Gasteiger partial charge in [0, 0.05) is 0 Å². The molecule has 0 radical (unpaired) electrons. The molecule has 0 aromatic heterocycles. The minimum absolute atomic E-state index is 0.0280. The third-order valence-corrected chi connectivity index (χ3v) is 6.27. The first kappa shape index (κ1) is 14.2. The molecule has 2 rings (SSSR count). The molecule has 0 fully saturated rings. The van der Waals surface area contributed by atoms with Gasteiger partial charge in [0.25, 0.3) is 0 Å². The van der Waals surface area contributed by atoms with Crippen LogP contribution in [0.3, 0.4) is 0 Å². The zero-order valence-corrected chi connectivity index (χ0v) is 13.8. The summed E-state index contributed by atoms with van der Waals surface area (Å²) in [6, 6.07) is 15.3. The predicted molar refractivity (Wildman–Crippen MR) is 87.0 cm³/mol. The summed E-state index contributed by atoms with van der Waals surface area (Å²) >= 11 is 0.0280. The van der Waals surface area contributed by atoms with Gasteiger partial charge in [0.15, 0.2) is 0 Å². The summed E-state index contributed by atoms with van der Waals surface area (Å²) in [5, 5.41) is 2.52. The Morgan fingerprint density at radius 1 is 0.947 bits per heavy atom. The van der Waals surface area contributed by atoms with Crippen molar-refractivity contribution in [2.24, 2.45) is 0 Å². The van der Waals surface area contributed by atoms with Crippen molar-refractivity contribution >= 4 is 21.8 Å². The van der Waals surface area contributed by atoms with E-state index in [-0.39, 0.29) is 15.8 Å². The second kappa shape index (κ2) is 6.77. The van der Waals surface area contributed by atoms with Gasteiger partial charge in [-0.1, -0.05) is 0 Å². The van der Waals surface area contributed by atoms with Gasteiger partial charge >= 0.3 is 123 Å². The van der Waals surface area contributed by atoms with Crippen LogP contribution in [0.15, 0.2) is 49.0 Å². The van der Waals surface area contributed by atoms with Gasteiger partial charge in [-0.25, -0.2) is 0 Å². The third-order valence-electron chi connectivity index (χ3n) is 3.62. The van der Waals surface area contributed by atoms with Crippen LogP contribution < -0.4 is 0 Å². The molecule has 0 amide bonds. The molecule has 0 aliphatic carbocycles. The second-order valence-corrected chi connectivity index (χ2v) is 7.40. The van der Waals surface area contributed by atoms with Crippen LogP contribution in [0.1, 0.15) is 27.8 Å². The topological polar surface area (TPSA) is 0 Å². The molecule has 1 unspecified atom stereocenters. The van der Waals surface area contributed by atoms with Crippen LogP contribution in [0.2, 0.25) is 0 Å². The maximum absolute atomic E-state index is 3.90. The molecule has 98 valence electrons. The molecule has 0 N–H and O–H groups in total. The minimum atomic E-state index is 0.0280. The van der Waals surface area contributed by atoms with Crippen molar-refractivity contribution in [3.05, 3.63) is 76.9 Å². The Labute approximate surface area is 123 Å². The molecule has 0 saturated heterocycles. The third kappa shape index (κ3) is 3.61. The van der Waals surface area contributed by atoms with Crippen molar-refractivity contribution in [1.29, 1.82) is 0 Å². The van der Waals surface area contributed by atoms with E-state index in [0.29, 0.717) is 0 Å². The standard InChI is InChI=1S/C18H21As/c1-4-16-9-5-6-10-18(16)13-19-12-17-11-7-8-14(2)15(17)3/h4-11,19H,1,12-13H2,2-3H3. The average molecular weight is 312 g/mol.